The van der Waals surface area contributed by atoms with Crippen LogP contribution in [-0.2, 0) is 11.4 Å². The molecule has 0 radical (unpaired) electrons. The van der Waals surface area contributed by atoms with E-state index >= 15 is 0 Å². The van der Waals surface area contributed by atoms with Gasteiger partial charge in [-0.05, 0) is 68.0 Å². The van der Waals surface area contributed by atoms with E-state index in [-0.39, 0.29) is 11.3 Å². The molecular weight excluding hydrogens is 500 g/mol. The molecule has 2 aliphatic rings. The summed E-state index contributed by atoms with van der Waals surface area (Å²) in [4.78, 5) is 20.7. The zero-order valence-corrected chi connectivity index (χ0v) is 22.7. The second-order valence-corrected chi connectivity index (χ2v) is 10.7. The van der Waals surface area contributed by atoms with Crippen LogP contribution >= 0.6 is 0 Å². The third-order valence-corrected chi connectivity index (χ3v) is 8.15. The first-order chi connectivity index (χ1) is 19.5. The van der Waals surface area contributed by atoms with Gasteiger partial charge in [0.15, 0.2) is 0 Å². The Bertz CT molecular complexity index is 1680. The lowest BCUT2D eigenvalue weighted by Crippen LogP contribution is -2.61. The van der Waals surface area contributed by atoms with Gasteiger partial charge in [0.2, 0.25) is 0 Å². The van der Waals surface area contributed by atoms with E-state index in [4.69, 9.17) is 4.74 Å². The molecule has 1 spiro atoms. The number of hydrogen-bond donors (Lipinski definition) is 1. The van der Waals surface area contributed by atoms with Crippen LogP contribution in [0.4, 0.5) is 5.69 Å². The zero-order valence-electron chi connectivity index (χ0n) is 22.7. The minimum absolute atomic E-state index is 0.0893. The van der Waals surface area contributed by atoms with Crippen LogP contribution in [0, 0.1) is 35.5 Å². The molecule has 2 aliphatic heterocycles. The number of aromatic nitrogens is 3. The summed E-state index contributed by atoms with van der Waals surface area (Å²) in [5.74, 6) is 5.96. The third-order valence-electron chi connectivity index (χ3n) is 8.15. The fourth-order valence-corrected chi connectivity index (χ4v) is 6.00. The number of ether oxygens (including phenoxy) is 1. The average molecular weight is 531 g/mol. The molecule has 1 amide bonds. The maximum Gasteiger partial charge on any atom is 0.298 e. The molecule has 8 nitrogen and oxygen atoms in total. The van der Waals surface area contributed by atoms with Crippen molar-refractivity contribution in [1.82, 2.24) is 20.1 Å². The molecule has 2 saturated heterocycles. The molecule has 0 unspecified atom stereocenters. The van der Waals surface area contributed by atoms with Gasteiger partial charge in [-0.2, -0.15) is 10.4 Å². The zero-order chi connectivity index (χ0) is 27.7. The Kier molecular flexibility index (Phi) is 6.61. The van der Waals surface area contributed by atoms with Gasteiger partial charge in [0.1, 0.15) is 18.4 Å². The maximum atomic E-state index is 12.2. The monoisotopic (exact) mass is 530 g/mol. The number of benzene rings is 2. The van der Waals surface area contributed by atoms with Crippen molar-refractivity contribution in [2.45, 2.75) is 33.3 Å². The molecule has 4 heterocycles. The number of nitrogens with one attached hydrogen (secondary N) is 1. The predicted octanol–water partition coefficient (Wildman–Crippen LogP) is 4.84. The van der Waals surface area contributed by atoms with Crippen molar-refractivity contribution in [3.8, 4) is 34.8 Å². The van der Waals surface area contributed by atoms with Gasteiger partial charge in [0.25, 0.3) is 5.91 Å². The van der Waals surface area contributed by atoms with E-state index in [1.54, 1.807) is 13.1 Å². The lowest BCUT2D eigenvalue weighted by molar-refractivity contribution is -0.138. The fourth-order valence-electron chi connectivity index (χ4n) is 6.00. The van der Waals surface area contributed by atoms with Gasteiger partial charge >= 0.3 is 0 Å². The van der Waals surface area contributed by atoms with Crippen molar-refractivity contribution < 1.29 is 9.53 Å². The average Bonchev–Trinajstić information content (AvgIpc) is 3.44. The Morgan fingerprint density at radius 1 is 1.18 bits per heavy atom. The van der Waals surface area contributed by atoms with Crippen LogP contribution in [0.25, 0.3) is 22.0 Å². The smallest absolute Gasteiger partial charge is 0.298 e. The summed E-state index contributed by atoms with van der Waals surface area (Å²) in [5.41, 5.74) is 6.25. The Balaban J connectivity index is 1.35. The van der Waals surface area contributed by atoms with Gasteiger partial charge in [-0.25, -0.2) is 0 Å². The molecule has 40 heavy (non-hydrogen) atoms. The summed E-state index contributed by atoms with van der Waals surface area (Å²) in [7, 11) is 0. The Labute approximate surface area is 233 Å². The minimum Gasteiger partial charge on any atom is -0.487 e. The number of piperidine rings is 1. The van der Waals surface area contributed by atoms with Crippen molar-refractivity contribution in [3.05, 3.63) is 71.7 Å². The van der Waals surface area contributed by atoms with Crippen LogP contribution in [0.2, 0.25) is 0 Å². The highest BCUT2D eigenvalue weighted by atomic mass is 16.5. The number of nitrogens with zero attached hydrogens (tertiary/aromatic N) is 5. The number of aryl methyl sites for hydroxylation is 1. The maximum absolute atomic E-state index is 12.2. The fraction of sp³-hybridized carbons (Fsp3) is 0.312. The molecule has 2 aromatic carbocycles. The number of amides is 1. The van der Waals surface area contributed by atoms with Gasteiger partial charge in [-0.15, -0.1) is 0 Å². The standard InChI is InChI=1S/C32H30N6O2/c1-3-6-30(39)38-20-32(21-38)10-13-37(14-11-32)29-16-24(40-19-23-7-4-5-12-34-23)15-25(26(29)17-33)31-22(2)8-9-28-27(31)18-35-36-28/h4-5,7-9,12,15-16,18H,10-11,13-14,19-21H2,1-2H3,(H,35,36). The van der Waals surface area contributed by atoms with Crippen molar-refractivity contribution in [3.63, 3.8) is 0 Å². The number of anilines is 1. The van der Waals surface area contributed by atoms with Gasteiger partial charge in [-0.1, -0.05) is 18.1 Å². The van der Waals surface area contributed by atoms with Crippen LogP contribution in [0.3, 0.4) is 0 Å². The summed E-state index contributed by atoms with van der Waals surface area (Å²) in [6.45, 7) is 7.17. The van der Waals surface area contributed by atoms with E-state index in [1.165, 1.54) is 0 Å². The lowest BCUT2D eigenvalue weighted by atomic mass is 9.71. The Hall–Kier alpha value is -4.82. The first-order valence-corrected chi connectivity index (χ1v) is 13.5. The van der Waals surface area contributed by atoms with Crippen molar-refractivity contribution in [2.24, 2.45) is 5.41 Å². The minimum atomic E-state index is -0.0893. The summed E-state index contributed by atoms with van der Waals surface area (Å²) in [5, 5.41) is 18.8. The van der Waals surface area contributed by atoms with Crippen molar-refractivity contribution >= 4 is 22.5 Å². The Morgan fingerprint density at radius 2 is 2.00 bits per heavy atom. The second kappa shape index (κ2) is 10.4. The number of fused-ring (bicyclic) bond motifs is 1. The molecule has 0 aliphatic carbocycles. The van der Waals surface area contributed by atoms with E-state index in [9.17, 15) is 10.1 Å². The van der Waals surface area contributed by atoms with E-state index < -0.39 is 0 Å². The molecular formula is C32H30N6O2. The van der Waals surface area contributed by atoms with Crippen LogP contribution in [0.15, 0.2) is 54.9 Å². The predicted molar refractivity (Wildman–Crippen MR) is 153 cm³/mol. The molecule has 4 aromatic rings. The lowest BCUT2D eigenvalue weighted by Gasteiger charge is -2.53. The van der Waals surface area contributed by atoms with Crippen LogP contribution < -0.4 is 9.64 Å². The number of likely N-dealkylation sites (tertiary alicyclic amines) is 1. The van der Waals surface area contributed by atoms with Gasteiger partial charge in [-0.3, -0.25) is 14.9 Å². The van der Waals surface area contributed by atoms with E-state index in [2.05, 4.69) is 51.0 Å². The number of H-pyrrole nitrogens is 1. The van der Waals surface area contributed by atoms with Crippen LogP contribution in [0.1, 0.15) is 36.6 Å². The topological polar surface area (TPSA) is 98.1 Å². The van der Waals surface area contributed by atoms with Gasteiger partial charge in [0, 0.05) is 54.8 Å². The van der Waals surface area contributed by atoms with Crippen molar-refractivity contribution in [2.75, 3.05) is 31.1 Å². The third kappa shape index (κ3) is 4.63. The number of pyridine rings is 1. The molecule has 2 fully saturated rings. The van der Waals surface area contributed by atoms with Gasteiger partial charge < -0.3 is 14.5 Å². The normalized spacial score (nSPS) is 15.7. The molecule has 0 atom stereocenters. The number of carbonyl (C=O) groups excluding carboxylic acids is 1. The first-order valence-electron chi connectivity index (χ1n) is 13.5. The van der Waals surface area contributed by atoms with Crippen molar-refractivity contribution in [1.29, 1.82) is 5.26 Å². The van der Waals surface area contributed by atoms with Crippen LogP contribution in [0.5, 0.6) is 5.75 Å². The largest absolute Gasteiger partial charge is 0.487 e. The molecule has 8 heteroatoms. The highest BCUT2D eigenvalue weighted by Crippen LogP contribution is 2.44. The molecule has 6 rings (SSSR count). The van der Waals surface area contributed by atoms with Crippen LogP contribution in [-0.4, -0.2) is 52.2 Å². The highest BCUT2D eigenvalue weighted by molar-refractivity contribution is 5.99. The highest BCUT2D eigenvalue weighted by Gasteiger charge is 2.46. The quantitative estimate of drug-likeness (QED) is 0.371. The number of aromatic amines is 1. The number of nitriles is 1. The second-order valence-electron chi connectivity index (χ2n) is 10.7. The number of rotatable bonds is 5. The number of hydrogen-bond acceptors (Lipinski definition) is 6. The van der Waals surface area contributed by atoms with Gasteiger partial charge in [0.05, 0.1) is 28.7 Å². The Morgan fingerprint density at radius 3 is 2.73 bits per heavy atom. The summed E-state index contributed by atoms with van der Waals surface area (Å²) < 4.78 is 6.28. The summed E-state index contributed by atoms with van der Waals surface area (Å²) in [6.07, 6.45) is 5.47. The summed E-state index contributed by atoms with van der Waals surface area (Å²) >= 11 is 0. The van der Waals surface area contributed by atoms with E-state index in [0.29, 0.717) is 17.9 Å². The van der Waals surface area contributed by atoms with E-state index in [1.807, 2.05) is 47.5 Å². The first kappa shape index (κ1) is 25.5. The molecule has 0 saturated carbocycles. The molecule has 200 valence electrons. The molecule has 1 N–H and O–H groups in total. The molecule has 0 bridgehead atoms. The molecule has 2 aromatic heterocycles. The van der Waals surface area contributed by atoms with E-state index in [0.717, 1.165) is 78.0 Å². The SMILES string of the molecule is CC#CC(=O)N1CC2(CCN(c3cc(OCc4ccccn4)cc(-c4c(C)ccc5[nH]ncc45)c3C#N)CC2)C1. The summed E-state index contributed by atoms with van der Waals surface area (Å²) in [6, 6.07) is 16.3. The number of carbonyl (C=O) groups is 1.